The molecule has 0 atom stereocenters. The lowest BCUT2D eigenvalue weighted by Gasteiger charge is -2.07. The lowest BCUT2D eigenvalue weighted by atomic mass is 10.4. The van der Waals surface area contributed by atoms with E-state index in [9.17, 15) is 21.2 Å². The Morgan fingerprint density at radius 2 is 1.59 bits per heavy atom. The quantitative estimate of drug-likeness (QED) is 0.768. The van der Waals surface area contributed by atoms with E-state index < -0.39 is 31.4 Å². The van der Waals surface area contributed by atoms with Crippen LogP contribution in [0.1, 0.15) is 5.76 Å². The average molecular weight is 347 g/mol. The van der Waals surface area contributed by atoms with Crippen LogP contribution in [-0.2, 0) is 25.6 Å². The zero-order valence-electron chi connectivity index (χ0n) is 11.9. The van der Waals surface area contributed by atoms with E-state index in [2.05, 4.69) is 0 Å². The summed E-state index contributed by atoms with van der Waals surface area (Å²) in [6, 6.07) is 6.85. The van der Waals surface area contributed by atoms with Gasteiger partial charge in [0.15, 0.2) is 9.84 Å². The van der Waals surface area contributed by atoms with Crippen LogP contribution in [-0.4, -0.2) is 35.2 Å². The summed E-state index contributed by atoms with van der Waals surface area (Å²) in [5.41, 5.74) is 0. The highest BCUT2D eigenvalue weighted by atomic mass is 32.2. The fourth-order valence-electron chi connectivity index (χ4n) is 1.67. The van der Waals surface area contributed by atoms with Crippen LogP contribution in [0.4, 0.5) is 4.39 Å². The van der Waals surface area contributed by atoms with Crippen molar-refractivity contribution in [1.29, 1.82) is 0 Å². The number of sulfone groups is 1. The Labute approximate surface area is 128 Å². The number of nitrogens with zero attached hydrogens (tertiary/aromatic N) is 1. The Kier molecular flexibility index (Phi) is 4.41. The number of furan rings is 1. The number of benzene rings is 1. The molecule has 0 amide bonds. The molecule has 9 heteroatoms. The fourth-order valence-corrected chi connectivity index (χ4v) is 3.73. The minimum absolute atomic E-state index is 0.00949. The van der Waals surface area contributed by atoms with Crippen molar-refractivity contribution >= 4 is 19.9 Å². The Balaban J connectivity index is 2.28. The highest BCUT2D eigenvalue weighted by Gasteiger charge is 2.24. The summed E-state index contributed by atoms with van der Waals surface area (Å²) in [4.78, 5) is -0.0673. The van der Waals surface area contributed by atoms with Crippen molar-refractivity contribution in [3.05, 3.63) is 48.0 Å². The van der Waals surface area contributed by atoms with E-state index in [-0.39, 0.29) is 15.7 Å². The van der Waals surface area contributed by atoms with Gasteiger partial charge in [0.1, 0.15) is 17.3 Å². The molecule has 0 N–H and O–H groups in total. The van der Waals surface area contributed by atoms with Crippen LogP contribution in [0.5, 0.6) is 0 Å². The van der Waals surface area contributed by atoms with Crippen molar-refractivity contribution in [1.82, 2.24) is 4.31 Å². The first-order chi connectivity index (χ1) is 10.1. The van der Waals surface area contributed by atoms with Gasteiger partial charge in [-0.15, -0.1) is 0 Å². The number of hydrogen-bond acceptors (Lipinski definition) is 5. The summed E-state index contributed by atoms with van der Waals surface area (Å²) < 4.78 is 66.9. The van der Waals surface area contributed by atoms with Crippen molar-refractivity contribution in [2.24, 2.45) is 0 Å². The van der Waals surface area contributed by atoms with Crippen molar-refractivity contribution in [2.75, 3.05) is 14.1 Å². The maximum absolute atomic E-state index is 12.8. The molecule has 1 heterocycles. The van der Waals surface area contributed by atoms with Crippen LogP contribution >= 0.6 is 0 Å². The first-order valence-corrected chi connectivity index (χ1v) is 9.22. The average Bonchev–Trinajstić information content (AvgIpc) is 2.87. The standard InChI is InChI=1S/C13H14FNO5S2/c1-15(2)22(18,19)13-8-5-11(20-13)9-21(16,17)12-6-3-10(14)4-7-12/h3-8H,9H2,1-2H3. The Morgan fingerprint density at radius 1 is 1.00 bits per heavy atom. The van der Waals surface area contributed by atoms with Crippen LogP contribution < -0.4 is 0 Å². The molecule has 120 valence electrons. The van der Waals surface area contributed by atoms with Gasteiger partial charge in [-0.05, 0) is 36.4 Å². The minimum atomic E-state index is -3.76. The van der Waals surface area contributed by atoms with Crippen LogP contribution in [0.15, 0.2) is 50.8 Å². The van der Waals surface area contributed by atoms with E-state index in [1.165, 1.54) is 26.2 Å². The van der Waals surface area contributed by atoms with E-state index in [0.717, 1.165) is 28.6 Å². The largest absolute Gasteiger partial charge is 0.447 e. The normalized spacial score (nSPS) is 12.7. The molecule has 0 radical (unpaired) electrons. The van der Waals surface area contributed by atoms with E-state index in [1.807, 2.05) is 0 Å². The van der Waals surface area contributed by atoms with Gasteiger partial charge in [0.25, 0.3) is 10.0 Å². The molecule has 0 fully saturated rings. The topological polar surface area (TPSA) is 84.7 Å². The maximum Gasteiger partial charge on any atom is 0.275 e. The van der Waals surface area contributed by atoms with E-state index in [1.54, 1.807) is 0 Å². The first kappa shape index (κ1) is 16.7. The molecule has 0 unspecified atom stereocenters. The summed E-state index contributed by atoms with van der Waals surface area (Å²) in [6.07, 6.45) is 0. The molecule has 0 saturated heterocycles. The SMILES string of the molecule is CN(C)S(=O)(=O)c1ccc(CS(=O)(=O)c2ccc(F)cc2)o1. The third kappa shape index (κ3) is 3.37. The van der Waals surface area contributed by atoms with Gasteiger partial charge in [0.05, 0.1) is 4.90 Å². The lowest BCUT2D eigenvalue weighted by molar-refractivity contribution is 0.406. The summed E-state index contributed by atoms with van der Waals surface area (Å²) in [6.45, 7) is 0. The van der Waals surface area contributed by atoms with Gasteiger partial charge >= 0.3 is 0 Å². The second-order valence-corrected chi connectivity index (χ2v) is 8.79. The predicted molar refractivity (Wildman–Crippen MR) is 76.9 cm³/mol. The zero-order chi connectivity index (χ0) is 16.5. The third-order valence-electron chi connectivity index (χ3n) is 2.88. The van der Waals surface area contributed by atoms with E-state index in [4.69, 9.17) is 4.42 Å². The monoisotopic (exact) mass is 347 g/mol. The minimum Gasteiger partial charge on any atom is -0.447 e. The van der Waals surface area contributed by atoms with Gasteiger partial charge in [0, 0.05) is 14.1 Å². The van der Waals surface area contributed by atoms with Crippen LogP contribution in [0.3, 0.4) is 0 Å². The molecular formula is C13H14FNO5S2. The van der Waals surface area contributed by atoms with Crippen molar-refractivity contribution < 1.29 is 25.6 Å². The molecule has 1 aromatic heterocycles. The molecule has 0 aliphatic rings. The van der Waals surface area contributed by atoms with E-state index >= 15 is 0 Å². The molecule has 2 aromatic rings. The number of sulfonamides is 1. The van der Waals surface area contributed by atoms with Crippen LogP contribution in [0.25, 0.3) is 0 Å². The maximum atomic E-state index is 12.8. The van der Waals surface area contributed by atoms with Crippen molar-refractivity contribution in [3.8, 4) is 0 Å². The smallest absolute Gasteiger partial charge is 0.275 e. The summed E-state index contributed by atoms with van der Waals surface area (Å²) in [5.74, 6) is -1.07. The summed E-state index contributed by atoms with van der Waals surface area (Å²) >= 11 is 0. The van der Waals surface area contributed by atoms with Gasteiger partial charge < -0.3 is 4.42 Å². The predicted octanol–water partition coefficient (Wildman–Crippen LogP) is 1.64. The molecule has 0 spiro atoms. The highest BCUT2D eigenvalue weighted by molar-refractivity contribution is 7.90. The van der Waals surface area contributed by atoms with Crippen LogP contribution in [0.2, 0.25) is 0 Å². The molecule has 0 saturated carbocycles. The van der Waals surface area contributed by atoms with Crippen molar-refractivity contribution in [3.63, 3.8) is 0 Å². The molecule has 0 aliphatic carbocycles. The summed E-state index contributed by atoms with van der Waals surface area (Å²) in [5, 5.41) is -0.332. The molecule has 22 heavy (non-hydrogen) atoms. The van der Waals surface area contributed by atoms with Gasteiger partial charge in [-0.2, -0.15) is 0 Å². The van der Waals surface area contributed by atoms with Gasteiger partial charge in [-0.3, -0.25) is 0 Å². The van der Waals surface area contributed by atoms with Gasteiger partial charge in [0.2, 0.25) is 5.09 Å². The Bertz CT molecular complexity index is 867. The molecule has 0 bridgehead atoms. The summed E-state index contributed by atoms with van der Waals surface area (Å²) in [7, 11) is -4.83. The van der Waals surface area contributed by atoms with Gasteiger partial charge in [-0.25, -0.2) is 25.5 Å². The van der Waals surface area contributed by atoms with Crippen LogP contribution in [0, 0.1) is 5.82 Å². The van der Waals surface area contributed by atoms with E-state index in [0.29, 0.717) is 0 Å². The second kappa shape index (κ2) is 5.82. The van der Waals surface area contributed by atoms with Crippen molar-refractivity contribution in [2.45, 2.75) is 15.7 Å². The molecule has 6 nitrogen and oxygen atoms in total. The third-order valence-corrected chi connectivity index (χ3v) is 6.22. The number of hydrogen-bond donors (Lipinski definition) is 0. The number of halogens is 1. The zero-order valence-corrected chi connectivity index (χ0v) is 13.5. The molecular weight excluding hydrogens is 333 g/mol. The fraction of sp³-hybridized carbons (Fsp3) is 0.231. The molecule has 2 rings (SSSR count). The second-order valence-electron chi connectivity index (χ2n) is 4.72. The first-order valence-electron chi connectivity index (χ1n) is 6.12. The number of rotatable bonds is 5. The highest BCUT2D eigenvalue weighted by Crippen LogP contribution is 2.21. The Hall–Kier alpha value is -1.71. The Morgan fingerprint density at radius 3 is 2.14 bits per heavy atom. The molecule has 0 aliphatic heterocycles. The molecule has 1 aromatic carbocycles. The lowest BCUT2D eigenvalue weighted by Crippen LogP contribution is -2.21. The van der Waals surface area contributed by atoms with Gasteiger partial charge in [-0.1, -0.05) is 0 Å².